The topological polar surface area (TPSA) is 75.3 Å². The van der Waals surface area contributed by atoms with Gasteiger partial charge in [-0.05, 0) is 59.7 Å². The number of nitrogens with one attached hydrogen (secondary N) is 2. The third-order valence-electron chi connectivity index (χ3n) is 2.75. The summed E-state index contributed by atoms with van der Waals surface area (Å²) in [5.74, 6) is -0.271. The van der Waals surface area contributed by atoms with Gasteiger partial charge in [0.1, 0.15) is 0 Å². The highest BCUT2D eigenvalue weighted by Crippen LogP contribution is 2.28. The Morgan fingerprint density at radius 3 is 2.57 bits per heavy atom. The van der Waals surface area contributed by atoms with Crippen LogP contribution in [-0.4, -0.2) is 21.4 Å². The molecule has 2 aromatic rings. The van der Waals surface area contributed by atoms with Crippen molar-refractivity contribution in [1.82, 2.24) is 4.72 Å². The van der Waals surface area contributed by atoms with Crippen molar-refractivity contribution >= 4 is 48.9 Å². The van der Waals surface area contributed by atoms with Gasteiger partial charge in [-0.3, -0.25) is 4.79 Å². The van der Waals surface area contributed by atoms with E-state index in [1.54, 1.807) is 18.2 Å². The fraction of sp³-hybridized carbons (Fsp3) is 0.154. The molecule has 1 aromatic heterocycles. The van der Waals surface area contributed by atoms with Crippen molar-refractivity contribution in [3.8, 4) is 0 Å². The van der Waals surface area contributed by atoms with Gasteiger partial charge >= 0.3 is 0 Å². The Balaban J connectivity index is 2.24. The molecule has 8 heteroatoms. The Hall–Kier alpha value is -1.22. The molecule has 1 heterocycles. The molecule has 21 heavy (non-hydrogen) atoms. The van der Waals surface area contributed by atoms with E-state index in [4.69, 9.17) is 0 Å². The van der Waals surface area contributed by atoms with Crippen molar-refractivity contribution < 1.29 is 13.2 Å². The van der Waals surface area contributed by atoms with E-state index in [1.165, 1.54) is 30.5 Å². The summed E-state index contributed by atoms with van der Waals surface area (Å²) in [6.07, 6.45) is 0. The third-order valence-corrected chi connectivity index (χ3v) is 6.30. The van der Waals surface area contributed by atoms with Gasteiger partial charge in [0.05, 0.1) is 13.6 Å². The molecule has 0 fully saturated rings. The summed E-state index contributed by atoms with van der Waals surface area (Å²) >= 11 is 4.70. The first kappa shape index (κ1) is 16.2. The number of halogens is 1. The van der Waals surface area contributed by atoms with E-state index in [0.717, 1.165) is 9.35 Å². The Morgan fingerprint density at radius 2 is 2.00 bits per heavy atom. The fourth-order valence-electron chi connectivity index (χ4n) is 1.62. The second-order valence-corrected chi connectivity index (χ2v) is 8.51. The summed E-state index contributed by atoms with van der Waals surface area (Å²) in [5.41, 5.74) is 1.41. The standard InChI is InChI=1S/C13H13BrN2O3S2/c1-8-6-11(20-12(8)14)13(17)16-9-4-3-5-10(7-9)21(18,19)15-2/h3-7,15H,1-2H3,(H,16,17). The van der Waals surface area contributed by atoms with Gasteiger partial charge in [0.15, 0.2) is 0 Å². The molecule has 1 amide bonds. The number of amides is 1. The number of anilines is 1. The van der Waals surface area contributed by atoms with Crippen LogP contribution < -0.4 is 10.0 Å². The molecule has 2 N–H and O–H groups in total. The van der Waals surface area contributed by atoms with E-state index in [0.29, 0.717) is 10.6 Å². The second kappa shape index (κ2) is 6.27. The van der Waals surface area contributed by atoms with Crippen molar-refractivity contribution in [2.24, 2.45) is 0 Å². The summed E-state index contributed by atoms with van der Waals surface area (Å²) in [7, 11) is -2.19. The van der Waals surface area contributed by atoms with Crippen LogP contribution in [0.5, 0.6) is 0 Å². The molecule has 0 bridgehead atoms. The minimum Gasteiger partial charge on any atom is -0.321 e. The lowest BCUT2D eigenvalue weighted by atomic mass is 10.3. The molecule has 5 nitrogen and oxygen atoms in total. The number of aryl methyl sites for hydroxylation is 1. The second-order valence-electron chi connectivity index (χ2n) is 4.26. The van der Waals surface area contributed by atoms with Crippen LogP contribution in [0.1, 0.15) is 15.2 Å². The number of sulfonamides is 1. The van der Waals surface area contributed by atoms with E-state index in [-0.39, 0.29) is 10.8 Å². The van der Waals surface area contributed by atoms with Gasteiger partial charge in [0.2, 0.25) is 10.0 Å². The van der Waals surface area contributed by atoms with Crippen LogP contribution in [0.2, 0.25) is 0 Å². The van der Waals surface area contributed by atoms with E-state index >= 15 is 0 Å². The highest BCUT2D eigenvalue weighted by molar-refractivity contribution is 9.11. The van der Waals surface area contributed by atoms with Crippen LogP contribution in [0.4, 0.5) is 5.69 Å². The number of benzene rings is 1. The largest absolute Gasteiger partial charge is 0.321 e. The maximum absolute atomic E-state index is 12.1. The molecular weight excluding hydrogens is 376 g/mol. The third kappa shape index (κ3) is 3.70. The SMILES string of the molecule is CNS(=O)(=O)c1cccc(NC(=O)c2cc(C)c(Br)s2)c1. The van der Waals surface area contributed by atoms with Gasteiger partial charge in [0, 0.05) is 5.69 Å². The van der Waals surface area contributed by atoms with Crippen LogP contribution in [-0.2, 0) is 10.0 Å². The maximum Gasteiger partial charge on any atom is 0.265 e. The smallest absolute Gasteiger partial charge is 0.265 e. The molecular formula is C13H13BrN2O3S2. The van der Waals surface area contributed by atoms with Gasteiger partial charge in [-0.1, -0.05) is 6.07 Å². The molecule has 0 spiro atoms. The Labute approximate surface area is 135 Å². The van der Waals surface area contributed by atoms with Crippen molar-refractivity contribution in [2.45, 2.75) is 11.8 Å². The van der Waals surface area contributed by atoms with Crippen molar-refractivity contribution in [3.63, 3.8) is 0 Å². The summed E-state index contributed by atoms with van der Waals surface area (Å²) in [5, 5.41) is 2.69. The summed E-state index contributed by atoms with van der Waals surface area (Å²) in [4.78, 5) is 12.8. The first-order chi connectivity index (χ1) is 9.83. The lowest BCUT2D eigenvalue weighted by molar-refractivity contribution is 0.103. The first-order valence-electron chi connectivity index (χ1n) is 5.94. The molecule has 0 aliphatic rings. The summed E-state index contributed by atoms with van der Waals surface area (Å²) in [6, 6.07) is 7.88. The van der Waals surface area contributed by atoms with Gasteiger partial charge in [-0.2, -0.15) is 0 Å². The molecule has 0 atom stereocenters. The maximum atomic E-state index is 12.1. The normalized spacial score (nSPS) is 11.4. The van der Waals surface area contributed by atoms with Gasteiger partial charge in [-0.15, -0.1) is 11.3 Å². The van der Waals surface area contributed by atoms with Gasteiger partial charge in [-0.25, -0.2) is 13.1 Å². The molecule has 0 unspecified atom stereocenters. The molecule has 112 valence electrons. The summed E-state index contributed by atoms with van der Waals surface area (Å²) in [6.45, 7) is 1.90. The fourth-order valence-corrected chi connectivity index (χ4v) is 3.83. The first-order valence-corrected chi connectivity index (χ1v) is 9.03. The number of carbonyl (C=O) groups is 1. The molecule has 0 saturated heterocycles. The minimum atomic E-state index is -3.53. The highest BCUT2D eigenvalue weighted by Gasteiger charge is 2.14. The monoisotopic (exact) mass is 388 g/mol. The molecule has 2 rings (SSSR count). The van der Waals surface area contributed by atoms with Gasteiger partial charge < -0.3 is 5.32 Å². The number of hydrogen-bond donors (Lipinski definition) is 2. The van der Waals surface area contributed by atoms with E-state index < -0.39 is 10.0 Å². The number of hydrogen-bond acceptors (Lipinski definition) is 4. The molecule has 0 saturated carbocycles. The Kier molecular flexibility index (Phi) is 4.82. The zero-order valence-corrected chi connectivity index (χ0v) is 14.5. The van der Waals surface area contributed by atoms with Crippen LogP contribution in [0, 0.1) is 6.92 Å². The van der Waals surface area contributed by atoms with E-state index in [1.807, 2.05) is 6.92 Å². The molecule has 0 aliphatic carbocycles. The molecule has 0 radical (unpaired) electrons. The molecule has 1 aromatic carbocycles. The van der Waals surface area contributed by atoms with Crippen LogP contribution >= 0.6 is 27.3 Å². The average molecular weight is 389 g/mol. The predicted molar refractivity (Wildman–Crippen MR) is 87.4 cm³/mol. The van der Waals surface area contributed by atoms with Crippen molar-refractivity contribution in [1.29, 1.82) is 0 Å². The van der Waals surface area contributed by atoms with Crippen LogP contribution in [0.3, 0.4) is 0 Å². The zero-order chi connectivity index (χ0) is 15.6. The molecule has 0 aliphatic heterocycles. The van der Waals surface area contributed by atoms with Crippen LogP contribution in [0.15, 0.2) is 39.0 Å². The quantitative estimate of drug-likeness (QED) is 0.844. The predicted octanol–water partition coefficient (Wildman–Crippen LogP) is 2.98. The van der Waals surface area contributed by atoms with E-state index in [2.05, 4.69) is 26.0 Å². The van der Waals surface area contributed by atoms with E-state index in [9.17, 15) is 13.2 Å². The number of rotatable bonds is 4. The number of thiophene rings is 1. The lowest BCUT2D eigenvalue weighted by Crippen LogP contribution is -2.19. The average Bonchev–Trinajstić information content (AvgIpc) is 2.79. The lowest BCUT2D eigenvalue weighted by Gasteiger charge is -2.06. The summed E-state index contributed by atoms with van der Waals surface area (Å²) < 4.78 is 26.6. The van der Waals surface area contributed by atoms with Crippen molar-refractivity contribution in [2.75, 3.05) is 12.4 Å². The Bertz CT molecular complexity index is 765. The zero-order valence-electron chi connectivity index (χ0n) is 11.3. The van der Waals surface area contributed by atoms with Gasteiger partial charge in [0.25, 0.3) is 5.91 Å². The Morgan fingerprint density at radius 1 is 1.29 bits per heavy atom. The minimum absolute atomic E-state index is 0.103. The van der Waals surface area contributed by atoms with Crippen molar-refractivity contribution in [3.05, 3.63) is 44.6 Å². The highest BCUT2D eigenvalue weighted by atomic mass is 79.9. The van der Waals surface area contributed by atoms with Crippen LogP contribution in [0.25, 0.3) is 0 Å². The number of carbonyl (C=O) groups excluding carboxylic acids is 1.